The van der Waals surface area contributed by atoms with Crippen molar-refractivity contribution in [2.75, 3.05) is 26.4 Å². The minimum Gasteiger partial charge on any atom is -0.486 e. The fraction of sp³-hybridized carbons (Fsp3) is 0.417. The van der Waals surface area contributed by atoms with E-state index < -0.39 is 4.75 Å². The lowest BCUT2D eigenvalue weighted by molar-refractivity contribution is 0.0161. The van der Waals surface area contributed by atoms with Gasteiger partial charge < -0.3 is 14.2 Å². The van der Waals surface area contributed by atoms with Crippen LogP contribution in [0.1, 0.15) is 0 Å². The maximum Gasteiger partial charge on any atom is 0.162 e. The van der Waals surface area contributed by atoms with Crippen LogP contribution in [-0.2, 0) is 4.74 Å². The molecule has 88 valence electrons. The molecule has 4 nitrogen and oxygen atoms in total. The molecule has 0 bridgehead atoms. The van der Waals surface area contributed by atoms with Gasteiger partial charge in [-0.05, 0) is 18.2 Å². The number of nitrogens with zero attached hydrogens (tertiary/aromatic N) is 1. The van der Waals surface area contributed by atoms with Crippen molar-refractivity contribution in [1.29, 1.82) is 5.26 Å². The highest BCUT2D eigenvalue weighted by atomic mass is 32.2. The monoisotopic (exact) mass is 249 g/mol. The van der Waals surface area contributed by atoms with E-state index in [0.717, 1.165) is 16.4 Å². The first-order chi connectivity index (χ1) is 8.31. The van der Waals surface area contributed by atoms with E-state index in [4.69, 9.17) is 19.5 Å². The summed E-state index contributed by atoms with van der Waals surface area (Å²) < 4.78 is 15.7. The molecule has 1 fully saturated rings. The van der Waals surface area contributed by atoms with Crippen molar-refractivity contribution in [3.05, 3.63) is 18.2 Å². The van der Waals surface area contributed by atoms with Gasteiger partial charge in [-0.3, -0.25) is 0 Å². The van der Waals surface area contributed by atoms with Crippen molar-refractivity contribution in [1.82, 2.24) is 0 Å². The zero-order chi connectivity index (χ0) is 11.7. The van der Waals surface area contributed by atoms with Crippen molar-refractivity contribution >= 4 is 11.8 Å². The molecule has 0 saturated carbocycles. The first-order valence-corrected chi connectivity index (χ1v) is 6.21. The highest BCUT2D eigenvalue weighted by Crippen LogP contribution is 2.41. The molecule has 0 spiro atoms. The molecule has 0 N–H and O–H groups in total. The van der Waals surface area contributed by atoms with Crippen LogP contribution >= 0.6 is 11.8 Å². The summed E-state index contributed by atoms with van der Waals surface area (Å²) in [6, 6.07) is 8.08. The lowest BCUT2D eigenvalue weighted by Crippen LogP contribution is -2.45. The predicted octanol–water partition coefficient (Wildman–Crippen LogP) is 1.84. The van der Waals surface area contributed by atoms with E-state index in [1.54, 1.807) is 0 Å². The van der Waals surface area contributed by atoms with Crippen molar-refractivity contribution in [2.24, 2.45) is 0 Å². The Hall–Kier alpha value is -1.38. The molecule has 1 saturated heterocycles. The number of nitriles is 1. The van der Waals surface area contributed by atoms with Crippen LogP contribution in [0.3, 0.4) is 0 Å². The molecule has 0 aliphatic carbocycles. The molecule has 3 rings (SSSR count). The second kappa shape index (κ2) is 4.13. The minimum atomic E-state index is -0.427. The van der Waals surface area contributed by atoms with Crippen LogP contribution in [0.15, 0.2) is 23.1 Å². The lowest BCUT2D eigenvalue weighted by atomic mass is 10.1. The molecule has 0 atom stereocenters. The molecule has 17 heavy (non-hydrogen) atoms. The fourth-order valence-corrected chi connectivity index (χ4v) is 2.83. The van der Waals surface area contributed by atoms with E-state index >= 15 is 0 Å². The summed E-state index contributed by atoms with van der Waals surface area (Å²) in [6.07, 6.45) is 0. The van der Waals surface area contributed by atoms with E-state index in [1.165, 1.54) is 11.8 Å². The van der Waals surface area contributed by atoms with Crippen LogP contribution in [0.25, 0.3) is 0 Å². The van der Waals surface area contributed by atoms with Crippen LogP contribution in [0.5, 0.6) is 11.5 Å². The van der Waals surface area contributed by atoms with Gasteiger partial charge in [-0.1, -0.05) is 11.8 Å². The number of hydrogen-bond donors (Lipinski definition) is 0. The molecule has 1 aromatic rings. The maximum absolute atomic E-state index is 9.13. The summed E-state index contributed by atoms with van der Waals surface area (Å²) in [6.45, 7) is 2.15. The molecule has 0 radical (unpaired) electrons. The first kappa shape index (κ1) is 10.8. The zero-order valence-electron chi connectivity index (χ0n) is 9.14. The SMILES string of the molecule is N#CC1(Sc2ccc3c(c2)OCCO3)COC1. The smallest absolute Gasteiger partial charge is 0.162 e. The summed E-state index contributed by atoms with van der Waals surface area (Å²) >= 11 is 1.53. The highest BCUT2D eigenvalue weighted by Gasteiger charge is 2.40. The fourth-order valence-electron chi connectivity index (χ4n) is 1.75. The van der Waals surface area contributed by atoms with E-state index in [9.17, 15) is 0 Å². The molecular formula is C12H11NO3S. The van der Waals surface area contributed by atoms with E-state index in [0.29, 0.717) is 26.4 Å². The van der Waals surface area contributed by atoms with Gasteiger partial charge in [-0.15, -0.1) is 0 Å². The Morgan fingerprint density at radius 1 is 1.18 bits per heavy atom. The van der Waals surface area contributed by atoms with Crippen LogP contribution < -0.4 is 9.47 Å². The molecule has 5 heteroatoms. The summed E-state index contributed by atoms with van der Waals surface area (Å²) in [5.41, 5.74) is 0. The van der Waals surface area contributed by atoms with Gasteiger partial charge in [0, 0.05) is 4.90 Å². The second-order valence-electron chi connectivity index (χ2n) is 4.01. The van der Waals surface area contributed by atoms with E-state index in [-0.39, 0.29) is 0 Å². The molecular weight excluding hydrogens is 238 g/mol. The molecule has 0 amide bonds. The molecule has 0 unspecified atom stereocenters. The second-order valence-corrected chi connectivity index (χ2v) is 5.46. The van der Waals surface area contributed by atoms with Gasteiger partial charge in [-0.25, -0.2) is 0 Å². The Morgan fingerprint density at radius 3 is 2.59 bits per heavy atom. The van der Waals surface area contributed by atoms with Gasteiger partial charge in [0.15, 0.2) is 16.2 Å². The quantitative estimate of drug-likeness (QED) is 0.800. The predicted molar refractivity (Wildman–Crippen MR) is 62.5 cm³/mol. The molecule has 0 aromatic heterocycles. The largest absolute Gasteiger partial charge is 0.486 e. The summed E-state index contributed by atoms with van der Waals surface area (Å²) in [5.74, 6) is 1.53. The Kier molecular flexibility index (Phi) is 2.61. The van der Waals surface area contributed by atoms with Crippen LogP contribution in [0.2, 0.25) is 0 Å². The van der Waals surface area contributed by atoms with Gasteiger partial charge in [0.1, 0.15) is 13.2 Å². The number of fused-ring (bicyclic) bond motifs is 1. The molecule has 2 heterocycles. The Morgan fingerprint density at radius 2 is 1.94 bits per heavy atom. The number of thioether (sulfide) groups is 1. The maximum atomic E-state index is 9.13. The Balaban J connectivity index is 1.82. The van der Waals surface area contributed by atoms with Gasteiger partial charge in [0.25, 0.3) is 0 Å². The highest BCUT2D eigenvalue weighted by molar-refractivity contribution is 8.01. The number of benzene rings is 1. The third-order valence-electron chi connectivity index (χ3n) is 2.70. The van der Waals surface area contributed by atoms with Crippen LogP contribution in [0, 0.1) is 11.3 Å². The summed E-state index contributed by atoms with van der Waals surface area (Å²) in [5, 5.41) is 9.13. The van der Waals surface area contributed by atoms with Crippen molar-refractivity contribution in [2.45, 2.75) is 9.64 Å². The van der Waals surface area contributed by atoms with Crippen molar-refractivity contribution < 1.29 is 14.2 Å². The first-order valence-electron chi connectivity index (χ1n) is 5.39. The van der Waals surface area contributed by atoms with Crippen LogP contribution in [-0.4, -0.2) is 31.2 Å². The minimum absolute atomic E-state index is 0.427. The third-order valence-corrected chi connectivity index (χ3v) is 3.91. The van der Waals surface area contributed by atoms with Crippen LogP contribution in [0.4, 0.5) is 0 Å². The normalized spacial score (nSPS) is 20.2. The average Bonchev–Trinajstić information content (AvgIpc) is 2.34. The molecule has 2 aliphatic heterocycles. The van der Waals surface area contributed by atoms with Gasteiger partial charge in [0.2, 0.25) is 0 Å². The Labute approximate surface area is 103 Å². The van der Waals surface area contributed by atoms with Crippen molar-refractivity contribution in [3.63, 3.8) is 0 Å². The Bertz CT molecular complexity index is 479. The summed E-state index contributed by atoms with van der Waals surface area (Å²) in [7, 11) is 0. The van der Waals surface area contributed by atoms with E-state index in [1.807, 2.05) is 18.2 Å². The molecule has 1 aromatic carbocycles. The van der Waals surface area contributed by atoms with Gasteiger partial charge >= 0.3 is 0 Å². The average molecular weight is 249 g/mol. The van der Waals surface area contributed by atoms with Gasteiger partial charge in [-0.2, -0.15) is 5.26 Å². The van der Waals surface area contributed by atoms with Gasteiger partial charge in [0.05, 0.1) is 19.3 Å². The summed E-state index contributed by atoms with van der Waals surface area (Å²) in [4.78, 5) is 1.01. The molecule has 2 aliphatic rings. The lowest BCUT2D eigenvalue weighted by Gasteiger charge is -2.34. The topological polar surface area (TPSA) is 51.5 Å². The third kappa shape index (κ3) is 1.94. The van der Waals surface area contributed by atoms with E-state index in [2.05, 4.69) is 6.07 Å². The number of hydrogen-bond acceptors (Lipinski definition) is 5. The number of rotatable bonds is 2. The zero-order valence-corrected chi connectivity index (χ0v) is 9.96. The van der Waals surface area contributed by atoms with Crippen molar-refractivity contribution in [3.8, 4) is 17.6 Å². The standard InChI is InChI=1S/C12H11NO3S/c13-6-12(7-14-8-12)17-9-1-2-10-11(5-9)16-4-3-15-10/h1-2,5H,3-4,7-8H2. The number of ether oxygens (including phenoxy) is 3.